The maximum atomic E-state index is 11.6. The first kappa shape index (κ1) is 24.7. The predicted molar refractivity (Wildman–Crippen MR) is 111 cm³/mol. The van der Waals surface area contributed by atoms with Crippen molar-refractivity contribution in [3.05, 3.63) is 0 Å². The van der Waals surface area contributed by atoms with Gasteiger partial charge >= 0.3 is 0 Å². The highest BCUT2D eigenvalue weighted by atomic mass is 127. The second-order valence-corrected chi connectivity index (χ2v) is 6.78. The molecule has 138 valence electrons. The first-order chi connectivity index (χ1) is 10.3. The molecule has 0 heterocycles. The number of hydrogen-bond donors (Lipinski definition) is 2. The minimum absolute atomic E-state index is 0. The van der Waals surface area contributed by atoms with E-state index >= 15 is 0 Å². The van der Waals surface area contributed by atoms with Gasteiger partial charge in [0, 0.05) is 40.2 Å². The Bertz CT molecular complexity index is 343. The van der Waals surface area contributed by atoms with Gasteiger partial charge in [0.1, 0.15) is 0 Å². The summed E-state index contributed by atoms with van der Waals surface area (Å²) in [6, 6.07) is 0. The van der Waals surface area contributed by atoms with Crippen molar-refractivity contribution in [3.8, 4) is 0 Å². The molecule has 0 bridgehead atoms. The molecule has 0 radical (unpaired) electrons. The molecule has 0 aromatic heterocycles. The van der Waals surface area contributed by atoms with Gasteiger partial charge in [-0.3, -0.25) is 9.79 Å². The van der Waals surface area contributed by atoms with E-state index in [4.69, 9.17) is 0 Å². The largest absolute Gasteiger partial charge is 0.357 e. The molecule has 23 heavy (non-hydrogen) atoms. The molecule has 0 aromatic rings. The van der Waals surface area contributed by atoms with E-state index in [1.165, 1.54) is 25.7 Å². The number of hydrogen-bond acceptors (Lipinski definition) is 2. The standard InChI is InChI=1S/C17H36N4O.HI/c1-7-9-10-12-17(3,4)14-20-16(18-8-2)19-13-11-15(22)21(5)6;/h7-14H2,1-6H3,(H2,18,19,20);1H. The van der Waals surface area contributed by atoms with Crippen molar-refractivity contribution in [3.63, 3.8) is 0 Å². The van der Waals surface area contributed by atoms with E-state index in [1.807, 2.05) is 0 Å². The van der Waals surface area contributed by atoms with Crippen molar-refractivity contribution in [1.29, 1.82) is 0 Å². The highest BCUT2D eigenvalue weighted by molar-refractivity contribution is 14.0. The lowest BCUT2D eigenvalue weighted by atomic mass is 9.87. The Balaban J connectivity index is 0. The Morgan fingerprint density at radius 1 is 1.13 bits per heavy atom. The minimum Gasteiger partial charge on any atom is -0.357 e. The van der Waals surface area contributed by atoms with Crippen LogP contribution in [-0.4, -0.2) is 50.5 Å². The van der Waals surface area contributed by atoms with Crippen molar-refractivity contribution in [1.82, 2.24) is 15.5 Å². The molecule has 0 aliphatic heterocycles. The van der Waals surface area contributed by atoms with Crippen LogP contribution >= 0.6 is 24.0 Å². The Morgan fingerprint density at radius 3 is 2.30 bits per heavy atom. The van der Waals surface area contributed by atoms with E-state index in [0.29, 0.717) is 13.0 Å². The van der Waals surface area contributed by atoms with Gasteiger partial charge < -0.3 is 15.5 Å². The smallest absolute Gasteiger partial charge is 0.223 e. The predicted octanol–water partition coefficient (Wildman–Crippen LogP) is 3.24. The summed E-state index contributed by atoms with van der Waals surface area (Å²) in [5, 5.41) is 6.48. The minimum atomic E-state index is 0. The molecular weight excluding hydrogens is 403 g/mol. The van der Waals surface area contributed by atoms with Crippen molar-refractivity contribution in [2.45, 2.75) is 59.8 Å². The Labute approximate surface area is 160 Å². The molecule has 1 amide bonds. The summed E-state index contributed by atoms with van der Waals surface area (Å²) >= 11 is 0. The Kier molecular flexibility index (Phi) is 14.9. The fourth-order valence-electron chi connectivity index (χ4n) is 2.08. The number of nitrogens with zero attached hydrogens (tertiary/aromatic N) is 2. The van der Waals surface area contributed by atoms with Gasteiger partial charge in [0.2, 0.25) is 5.91 Å². The highest BCUT2D eigenvalue weighted by Gasteiger charge is 2.17. The molecule has 0 aliphatic rings. The van der Waals surface area contributed by atoms with E-state index in [2.05, 4.69) is 43.3 Å². The summed E-state index contributed by atoms with van der Waals surface area (Å²) in [5.74, 6) is 0.931. The third kappa shape index (κ3) is 13.6. The second kappa shape index (κ2) is 13.9. The molecule has 0 unspecified atom stereocenters. The second-order valence-electron chi connectivity index (χ2n) is 6.78. The van der Waals surface area contributed by atoms with Gasteiger partial charge in [-0.1, -0.05) is 40.0 Å². The lowest BCUT2D eigenvalue weighted by molar-refractivity contribution is -0.128. The zero-order valence-corrected chi connectivity index (χ0v) is 18.2. The molecule has 0 saturated heterocycles. The van der Waals surface area contributed by atoms with Crippen LogP contribution in [0.3, 0.4) is 0 Å². The lowest BCUT2D eigenvalue weighted by Gasteiger charge is -2.23. The van der Waals surface area contributed by atoms with Crippen molar-refractivity contribution >= 4 is 35.8 Å². The van der Waals surface area contributed by atoms with E-state index in [-0.39, 0.29) is 35.3 Å². The van der Waals surface area contributed by atoms with Gasteiger partial charge in [0.15, 0.2) is 5.96 Å². The van der Waals surface area contributed by atoms with Crippen LogP contribution in [0.25, 0.3) is 0 Å². The molecule has 0 spiro atoms. The molecule has 0 saturated carbocycles. The summed E-state index contributed by atoms with van der Waals surface area (Å²) in [6.07, 6.45) is 5.49. The molecule has 0 aromatic carbocycles. The summed E-state index contributed by atoms with van der Waals surface area (Å²) < 4.78 is 0. The number of guanidine groups is 1. The monoisotopic (exact) mass is 440 g/mol. The molecule has 5 nitrogen and oxygen atoms in total. The van der Waals surface area contributed by atoms with Crippen LogP contribution in [0.1, 0.15) is 59.8 Å². The van der Waals surface area contributed by atoms with Crippen LogP contribution in [0, 0.1) is 5.41 Å². The van der Waals surface area contributed by atoms with Crippen LogP contribution in [0.5, 0.6) is 0 Å². The fraction of sp³-hybridized carbons (Fsp3) is 0.882. The van der Waals surface area contributed by atoms with Gasteiger partial charge in [0.25, 0.3) is 0 Å². The lowest BCUT2D eigenvalue weighted by Crippen LogP contribution is -2.40. The topological polar surface area (TPSA) is 56.7 Å². The quantitative estimate of drug-likeness (QED) is 0.237. The normalized spacial score (nSPS) is 11.7. The third-order valence-corrected chi connectivity index (χ3v) is 3.60. The van der Waals surface area contributed by atoms with Crippen molar-refractivity contribution < 1.29 is 4.79 Å². The molecule has 0 atom stereocenters. The average Bonchev–Trinajstić information content (AvgIpc) is 2.44. The summed E-state index contributed by atoms with van der Waals surface area (Å²) in [7, 11) is 3.56. The van der Waals surface area contributed by atoms with Crippen LogP contribution in [0.4, 0.5) is 0 Å². The fourth-order valence-corrected chi connectivity index (χ4v) is 2.08. The summed E-state index contributed by atoms with van der Waals surface area (Å²) in [6.45, 7) is 11.1. The number of rotatable bonds is 10. The molecule has 2 N–H and O–H groups in total. The van der Waals surface area contributed by atoms with E-state index < -0.39 is 0 Å². The van der Waals surface area contributed by atoms with E-state index in [0.717, 1.165) is 19.0 Å². The van der Waals surface area contributed by atoms with Gasteiger partial charge in [-0.15, -0.1) is 24.0 Å². The summed E-state index contributed by atoms with van der Waals surface area (Å²) in [4.78, 5) is 17.9. The van der Waals surface area contributed by atoms with Crippen molar-refractivity contribution in [2.75, 3.05) is 33.7 Å². The van der Waals surface area contributed by atoms with Crippen LogP contribution < -0.4 is 10.6 Å². The third-order valence-electron chi connectivity index (χ3n) is 3.60. The number of nitrogens with one attached hydrogen (secondary N) is 2. The number of carbonyl (C=O) groups excluding carboxylic acids is 1. The SMILES string of the molecule is CCCCCC(C)(C)CN=C(NCC)NCCC(=O)N(C)C.I. The number of amides is 1. The summed E-state index contributed by atoms with van der Waals surface area (Å²) in [5.41, 5.74) is 0.219. The van der Waals surface area contributed by atoms with Gasteiger partial charge in [-0.2, -0.15) is 0 Å². The average molecular weight is 440 g/mol. The molecule has 0 fully saturated rings. The molecule has 0 rings (SSSR count). The Hall–Kier alpha value is -0.530. The molecule has 6 heteroatoms. The number of carbonyl (C=O) groups is 1. The van der Waals surface area contributed by atoms with Gasteiger partial charge in [-0.05, 0) is 18.8 Å². The zero-order valence-electron chi connectivity index (χ0n) is 15.9. The Morgan fingerprint density at radius 2 is 1.78 bits per heavy atom. The van der Waals surface area contributed by atoms with Crippen LogP contribution in [0.2, 0.25) is 0 Å². The first-order valence-corrected chi connectivity index (χ1v) is 8.54. The highest BCUT2D eigenvalue weighted by Crippen LogP contribution is 2.23. The van der Waals surface area contributed by atoms with Crippen LogP contribution in [0.15, 0.2) is 4.99 Å². The number of aliphatic imine (C=N–C) groups is 1. The van der Waals surface area contributed by atoms with Crippen molar-refractivity contribution in [2.24, 2.45) is 10.4 Å². The molecular formula is C17H37IN4O. The number of halogens is 1. The molecule has 0 aliphatic carbocycles. The zero-order chi connectivity index (χ0) is 17.0. The van der Waals surface area contributed by atoms with E-state index in [9.17, 15) is 4.79 Å². The maximum absolute atomic E-state index is 11.6. The van der Waals surface area contributed by atoms with E-state index in [1.54, 1.807) is 19.0 Å². The van der Waals surface area contributed by atoms with Gasteiger partial charge in [-0.25, -0.2) is 0 Å². The first-order valence-electron chi connectivity index (χ1n) is 8.54. The van der Waals surface area contributed by atoms with Gasteiger partial charge in [0.05, 0.1) is 0 Å². The number of unbranched alkanes of at least 4 members (excludes halogenated alkanes) is 2. The van der Waals surface area contributed by atoms with Crippen LogP contribution in [-0.2, 0) is 4.79 Å². The maximum Gasteiger partial charge on any atom is 0.223 e.